The van der Waals surface area contributed by atoms with Crippen molar-refractivity contribution in [3.63, 3.8) is 0 Å². The number of esters is 1. The van der Waals surface area contributed by atoms with Crippen LogP contribution in [0.1, 0.15) is 181 Å². The second-order valence-corrected chi connectivity index (χ2v) is 12.3. The van der Waals surface area contributed by atoms with Crippen LogP contribution in [0.2, 0.25) is 0 Å². The van der Waals surface area contributed by atoms with E-state index in [0.29, 0.717) is 6.61 Å². The van der Waals surface area contributed by atoms with Crippen LogP contribution in [0.15, 0.2) is 0 Å². The van der Waals surface area contributed by atoms with Gasteiger partial charge in [-0.25, -0.2) is 0 Å². The summed E-state index contributed by atoms with van der Waals surface area (Å²) in [5.41, 5.74) is 0. The second kappa shape index (κ2) is 32.9. The maximum Gasteiger partial charge on any atom is 0.308 e. The van der Waals surface area contributed by atoms with Gasteiger partial charge >= 0.3 is 5.97 Å². The van der Waals surface area contributed by atoms with E-state index >= 15 is 0 Å². The van der Waals surface area contributed by atoms with Crippen LogP contribution in [-0.4, -0.2) is 50.8 Å². The summed E-state index contributed by atoms with van der Waals surface area (Å²) in [7, 11) is 1.80. The predicted molar refractivity (Wildman–Crippen MR) is 175 cm³/mol. The van der Waals surface area contributed by atoms with Crippen molar-refractivity contribution < 1.29 is 14.3 Å². The predicted octanol–water partition coefficient (Wildman–Crippen LogP) is 10.9. The molecule has 40 heavy (non-hydrogen) atoms. The van der Waals surface area contributed by atoms with E-state index in [-0.39, 0.29) is 11.9 Å². The third-order valence-corrected chi connectivity index (χ3v) is 8.37. The summed E-state index contributed by atoms with van der Waals surface area (Å²) in [5, 5.41) is 0. The Bertz CT molecular complexity index is 498. The van der Waals surface area contributed by atoms with Gasteiger partial charge in [0.2, 0.25) is 0 Å². The molecule has 0 saturated heterocycles. The summed E-state index contributed by atoms with van der Waals surface area (Å²) in [6.45, 7) is 12.1. The topological polar surface area (TPSA) is 38.8 Å². The zero-order valence-electron chi connectivity index (χ0n) is 28.0. The fraction of sp³-hybridized carbons (Fsp3) is 0.972. The van der Waals surface area contributed by atoms with Crippen LogP contribution >= 0.6 is 0 Å². The standard InChI is InChI=1S/C36H73NO3/c1-5-8-10-12-17-23-29-35(28-22-11-9-6-2)36(38)40-34-27-21-16-14-19-25-32-37(30-7-3)31-24-18-13-15-20-26-33-39-4/h35H,5-34H2,1-4H3. The summed E-state index contributed by atoms with van der Waals surface area (Å²) >= 11 is 0. The van der Waals surface area contributed by atoms with E-state index in [1.54, 1.807) is 7.11 Å². The van der Waals surface area contributed by atoms with Crippen LogP contribution < -0.4 is 0 Å². The Kier molecular flexibility index (Phi) is 32.4. The van der Waals surface area contributed by atoms with Crippen LogP contribution in [0.4, 0.5) is 0 Å². The van der Waals surface area contributed by atoms with Crippen molar-refractivity contribution in [2.75, 3.05) is 40.0 Å². The molecule has 0 rings (SSSR count). The van der Waals surface area contributed by atoms with Crippen LogP contribution in [0.3, 0.4) is 0 Å². The van der Waals surface area contributed by atoms with E-state index in [1.807, 2.05) is 0 Å². The van der Waals surface area contributed by atoms with Gasteiger partial charge in [0.1, 0.15) is 0 Å². The maximum absolute atomic E-state index is 12.8. The Labute approximate surface area is 252 Å². The highest BCUT2D eigenvalue weighted by atomic mass is 16.5. The van der Waals surface area contributed by atoms with Gasteiger partial charge < -0.3 is 14.4 Å². The van der Waals surface area contributed by atoms with Gasteiger partial charge in [-0.2, -0.15) is 0 Å². The van der Waals surface area contributed by atoms with Crippen molar-refractivity contribution in [2.24, 2.45) is 5.92 Å². The molecule has 0 spiro atoms. The SMILES string of the molecule is CCCCCCCCC(CCCCCC)C(=O)OCCCCCCCCN(CCC)CCCCCCCCOC. The molecule has 0 aliphatic rings. The second-order valence-electron chi connectivity index (χ2n) is 12.3. The molecule has 0 aliphatic heterocycles. The van der Waals surface area contributed by atoms with Gasteiger partial charge in [0.05, 0.1) is 12.5 Å². The number of rotatable bonds is 33. The number of ether oxygens (including phenoxy) is 2. The fourth-order valence-electron chi connectivity index (χ4n) is 5.74. The number of hydrogen-bond donors (Lipinski definition) is 0. The van der Waals surface area contributed by atoms with Crippen molar-refractivity contribution in [1.29, 1.82) is 0 Å². The van der Waals surface area contributed by atoms with Crippen molar-refractivity contribution in [2.45, 2.75) is 181 Å². The fourth-order valence-corrected chi connectivity index (χ4v) is 5.74. The lowest BCUT2D eigenvalue weighted by Crippen LogP contribution is -2.27. The van der Waals surface area contributed by atoms with Crippen LogP contribution in [0, 0.1) is 5.92 Å². The number of carbonyl (C=O) groups is 1. The minimum absolute atomic E-state index is 0.0900. The average molecular weight is 568 g/mol. The molecule has 0 aromatic heterocycles. The Hall–Kier alpha value is -0.610. The molecule has 4 nitrogen and oxygen atoms in total. The normalized spacial score (nSPS) is 12.3. The molecule has 0 radical (unpaired) electrons. The van der Waals surface area contributed by atoms with Crippen LogP contribution in [0.5, 0.6) is 0 Å². The van der Waals surface area contributed by atoms with Gasteiger partial charge in [0.25, 0.3) is 0 Å². The molecule has 0 N–H and O–H groups in total. The number of nitrogens with zero attached hydrogens (tertiary/aromatic N) is 1. The lowest BCUT2D eigenvalue weighted by molar-refractivity contribution is -0.149. The highest BCUT2D eigenvalue weighted by Gasteiger charge is 2.19. The molecule has 0 saturated carbocycles. The van der Waals surface area contributed by atoms with Crippen LogP contribution in [-0.2, 0) is 14.3 Å². The van der Waals surface area contributed by atoms with Gasteiger partial charge in [-0.1, -0.05) is 136 Å². The van der Waals surface area contributed by atoms with Gasteiger partial charge in [-0.3, -0.25) is 4.79 Å². The molecule has 0 heterocycles. The molecular weight excluding hydrogens is 494 g/mol. The van der Waals surface area contributed by atoms with Gasteiger partial charge in [0, 0.05) is 13.7 Å². The third-order valence-electron chi connectivity index (χ3n) is 8.37. The van der Waals surface area contributed by atoms with E-state index in [9.17, 15) is 4.79 Å². The zero-order valence-corrected chi connectivity index (χ0v) is 28.0. The summed E-state index contributed by atoms with van der Waals surface area (Å²) in [6, 6.07) is 0. The smallest absolute Gasteiger partial charge is 0.308 e. The van der Waals surface area contributed by atoms with Gasteiger partial charge in [-0.15, -0.1) is 0 Å². The van der Waals surface area contributed by atoms with Crippen molar-refractivity contribution in [3.8, 4) is 0 Å². The van der Waals surface area contributed by atoms with Gasteiger partial charge in [0.15, 0.2) is 0 Å². The first-order valence-corrected chi connectivity index (χ1v) is 18.1. The minimum atomic E-state index is 0.0900. The largest absolute Gasteiger partial charge is 0.465 e. The number of unbranched alkanes of at least 4 members (excludes halogenated alkanes) is 18. The Balaban J connectivity index is 3.90. The Morgan fingerprint density at radius 1 is 0.500 bits per heavy atom. The number of hydrogen-bond acceptors (Lipinski definition) is 4. The molecule has 0 amide bonds. The summed E-state index contributed by atoms with van der Waals surface area (Å²) < 4.78 is 10.9. The monoisotopic (exact) mass is 568 g/mol. The third kappa shape index (κ3) is 27.6. The van der Waals surface area contributed by atoms with Crippen molar-refractivity contribution in [3.05, 3.63) is 0 Å². The highest BCUT2D eigenvalue weighted by Crippen LogP contribution is 2.21. The molecule has 0 bridgehead atoms. The van der Waals surface area contributed by atoms with E-state index in [1.165, 1.54) is 161 Å². The maximum atomic E-state index is 12.8. The Morgan fingerprint density at radius 3 is 1.43 bits per heavy atom. The van der Waals surface area contributed by atoms with Crippen molar-refractivity contribution >= 4 is 5.97 Å². The van der Waals surface area contributed by atoms with E-state index < -0.39 is 0 Å². The van der Waals surface area contributed by atoms with Crippen LogP contribution in [0.25, 0.3) is 0 Å². The minimum Gasteiger partial charge on any atom is -0.465 e. The molecule has 0 aliphatic carbocycles. The quantitative estimate of drug-likeness (QED) is 0.0584. The van der Waals surface area contributed by atoms with E-state index in [0.717, 1.165) is 25.9 Å². The average Bonchev–Trinajstić information content (AvgIpc) is 2.96. The lowest BCUT2D eigenvalue weighted by atomic mass is 9.94. The molecule has 0 aromatic carbocycles. The summed E-state index contributed by atoms with van der Waals surface area (Å²) in [4.78, 5) is 15.5. The van der Waals surface area contributed by atoms with Gasteiger partial charge in [-0.05, 0) is 64.6 Å². The lowest BCUT2D eigenvalue weighted by Gasteiger charge is -2.21. The Morgan fingerprint density at radius 2 is 0.925 bits per heavy atom. The first-order chi connectivity index (χ1) is 19.7. The molecule has 240 valence electrons. The number of carbonyl (C=O) groups excluding carboxylic acids is 1. The molecule has 4 heteroatoms. The molecule has 1 unspecified atom stereocenters. The first-order valence-electron chi connectivity index (χ1n) is 18.1. The van der Waals surface area contributed by atoms with E-state index in [4.69, 9.17) is 9.47 Å². The molecule has 0 fully saturated rings. The number of methoxy groups -OCH3 is 1. The molecule has 1 atom stereocenters. The molecular formula is C36H73NO3. The highest BCUT2D eigenvalue weighted by molar-refractivity contribution is 5.72. The zero-order chi connectivity index (χ0) is 29.4. The summed E-state index contributed by atoms with van der Waals surface area (Å²) in [6.07, 6.45) is 31.4. The van der Waals surface area contributed by atoms with Crippen molar-refractivity contribution in [1.82, 2.24) is 4.90 Å². The van der Waals surface area contributed by atoms with E-state index in [2.05, 4.69) is 25.7 Å². The summed E-state index contributed by atoms with van der Waals surface area (Å²) in [5.74, 6) is 0.224. The first kappa shape index (κ1) is 39.4. The molecule has 0 aromatic rings.